The molecule has 1 aromatic rings. The van der Waals surface area contributed by atoms with E-state index < -0.39 is 0 Å². The molecular formula is C18H30IN3O2S. The van der Waals surface area contributed by atoms with Gasteiger partial charge >= 0.3 is 0 Å². The maximum atomic E-state index is 5.55. The summed E-state index contributed by atoms with van der Waals surface area (Å²) in [7, 11) is 1.66. The van der Waals surface area contributed by atoms with Crippen molar-refractivity contribution >= 4 is 41.7 Å². The van der Waals surface area contributed by atoms with Gasteiger partial charge in [-0.15, -0.1) is 24.0 Å². The van der Waals surface area contributed by atoms with Gasteiger partial charge in [0, 0.05) is 18.3 Å². The molecule has 7 heteroatoms. The number of rotatable bonds is 8. The second kappa shape index (κ2) is 12.5. The highest BCUT2D eigenvalue weighted by molar-refractivity contribution is 14.0. The van der Waals surface area contributed by atoms with Gasteiger partial charge in [0.2, 0.25) is 0 Å². The molecule has 1 atom stereocenters. The number of halogens is 1. The van der Waals surface area contributed by atoms with Crippen LogP contribution in [0.2, 0.25) is 0 Å². The smallest absolute Gasteiger partial charge is 0.191 e. The van der Waals surface area contributed by atoms with E-state index in [4.69, 9.17) is 9.47 Å². The Hall–Kier alpha value is -0.830. The average molecular weight is 479 g/mol. The lowest BCUT2D eigenvalue weighted by atomic mass is 10.2. The summed E-state index contributed by atoms with van der Waals surface area (Å²) in [6.07, 6.45) is 2.63. The topological polar surface area (TPSA) is 54.9 Å². The number of nitrogens with one attached hydrogen (secondary N) is 2. The van der Waals surface area contributed by atoms with E-state index in [0.717, 1.165) is 36.1 Å². The van der Waals surface area contributed by atoms with Crippen LogP contribution >= 0.6 is 35.7 Å². The van der Waals surface area contributed by atoms with Crippen LogP contribution in [0.15, 0.2) is 23.2 Å². The zero-order valence-electron chi connectivity index (χ0n) is 15.3. The van der Waals surface area contributed by atoms with E-state index in [9.17, 15) is 0 Å². The third-order valence-electron chi connectivity index (χ3n) is 3.81. The molecule has 0 amide bonds. The zero-order valence-corrected chi connectivity index (χ0v) is 18.5. The first-order valence-electron chi connectivity index (χ1n) is 8.70. The molecule has 0 aromatic heterocycles. The van der Waals surface area contributed by atoms with Gasteiger partial charge < -0.3 is 20.1 Å². The third kappa shape index (κ3) is 7.52. The lowest BCUT2D eigenvalue weighted by molar-refractivity contribution is 0.310. The highest BCUT2D eigenvalue weighted by atomic mass is 127. The van der Waals surface area contributed by atoms with E-state index in [-0.39, 0.29) is 24.0 Å². The molecule has 1 unspecified atom stereocenters. The Kier molecular flexibility index (Phi) is 11.1. The van der Waals surface area contributed by atoms with Gasteiger partial charge in [0.1, 0.15) is 0 Å². The highest BCUT2D eigenvalue weighted by Gasteiger charge is 2.15. The first kappa shape index (κ1) is 22.2. The van der Waals surface area contributed by atoms with E-state index in [1.54, 1.807) is 7.11 Å². The van der Waals surface area contributed by atoms with Crippen LogP contribution in [0.3, 0.4) is 0 Å². The largest absolute Gasteiger partial charge is 0.493 e. The van der Waals surface area contributed by atoms with E-state index in [1.165, 1.54) is 18.6 Å². The zero-order chi connectivity index (χ0) is 17.2. The second-order valence-electron chi connectivity index (χ2n) is 5.63. The Morgan fingerprint density at radius 1 is 1.28 bits per heavy atom. The van der Waals surface area contributed by atoms with Crippen LogP contribution in [0.5, 0.6) is 11.5 Å². The highest BCUT2D eigenvalue weighted by Crippen LogP contribution is 2.28. The second-order valence-corrected chi connectivity index (χ2v) is 7.04. The molecule has 0 aliphatic carbocycles. The van der Waals surface area contributed by atoms with Crippen molar-refractivity contribution in [2.45, 2.75) is 38.5 Å². The van der Waals surface area contributed by atoms with E-state index in [0.29, 0.717) is 18.4 Å². The maximum absolute atomic E-state index is 5.55. The minimum atomic E-state index is 0. The van der Waals surface area contributed by atoms with Crippen molar-refractivity contribution < 1.29 is 9.47 Å². The summed E-state index contributed by atoms with van der Waals surface area (Å²) >= 11 is 2.05. The SMILES string of the molecule is CCNC(=NCc1ccc(OCC)c(OC)c1)NCC1CCCS1.I. The molecule has 5 nitrogen and oxygen atoms in total. The standard InChI is InChI=1S/C18H29N3O2S.HI/c1-4-19-18(21-13-15-7-6-10-24-15)20-12-14-8-9-16(23-5-2)17(11-14)22-3;/h8-9,11,15H,4-7,10,12-13H2,1-3H3,(H2,19,20,21);1H. The van der Waals surface area contributed by atoms with Crippen LogP contribution in [-0.2, 0) is 6.54 Å². The first-order chi connectivity index (χ1) is 11.8. The monoisotopic (exact) mass is 479 g/mol. The van der Waals surface area contributed by atoms with E-state index >= 15 is 0 Å². The molecule has 0 radical (unpaired) electrons. The van der Waals surface area contributed by atoms with Crippen molar-refractivity contribution in [1.29, 1.82) is 0 Å². The van der Waals surface area contributed by atoms with Crippen LogP contribution in [-0.4, -0.2) is 43.8 Å². The molecule has 1 heterocycles. The lowest BCUT2D eigenvalue weighted by Crippen LogP contribution is -2.40. The molecule has 1 aromatic carbocycles. The molecule has 25 heavy (non-hydrogen) atoms. The molecule has 0 spiro atoms. The number of hydrogen-bond acceptors (Lipinski definition) is 4. The van der Waals surface area contributed by atoms with Gasteiger partial charge in [0.05, 0.1) is 20.3 Å². The quantitative estimate of drug-likeness (QED) is 0.339. The fourth-order valence-corrected chi connectivity index (χ4v) is 3.81. The van der Waals surface area contributed by atoms with Gasteiger partial charge in [-0.3, -0.25) is 0 Å². The van der Waals surface area contributed by atoms with Crippen LogP contribution in [0.25, 0.3) is 0 Å². The lowest BCUT2D eigenvalue weighted by Gasteiger charge is -2.15. The number of methoxy groups -OCH3 is 1. The number of nitrogens with zero attached hydrogens (tertiary/aromatic N) is 1. The Morgan fingerprint density at radius 3 is 2.76 bits per heavy atom. The molecule has 1 saturated heterocycles. The van der Waals surface area contributed by atoms with Crippen molar-refractivity contribution in [3.05, 3.63) is 23.8 Å². The van der Waals surface area contributed by atoms with Crippen molar-refractivity contribution in [3.63, 3.8) is 0 Å². The fourth-order valence-electron chi connectivity index (χ4n) is 2.61. The number of guanidine groups is 1. The third-order valence-corrected chi connectivity index (χ3v) is 5.21. The summed E-state index contributed by atoms with van der Waals surface area (Å²) in [5.41, 5.74) is 1.10. The fraction of sp³-hybridized carbons (Fsp3) is 0.611. The van der Waals surface area contributed by atoms with Crippen LogP contribution in [0.4, 0.5) is 0 Å². The van der Waals surface area contributed by atoms with Crippen molar-refractivity contribution in [3.8, 4) is 11.5 Å². The van der Waals surface area contributed by atoms with Gasteiger partial charge in [-0.1, -0.05) is 6.07 Å². The predicted molar refractivity (Wildman–Crippen MR) is 118 cm³/mol. The average Bonchev–Trinajstić information content (AvgIpc) is 3.12. The number of benzene rings is 1. The predicted octanol–water partition coefficient (Wildman–Crippen LogP) is 3.66. The Balaban J connectivity index is 0.00000312. The molecule has 1 aliphatic rings. The van der Waals surface area contributed by atoms with Crippen LogP contribution in [0, 0.1) is 0 Å². The Bertz CT molecular complexity index is 537. The van der Waals surface area contributed by atoms with E-state index in [2.05, 4.69) is 34.3 Å². The van der Waals surface area contributed by atoms with Crippen molar-refractivity contribution in [1.82, 2.24) is 10.6 Å². The molecule has 1 fully saturated rings. The van der Waals surface area contributed by atoms with E-state index in [1.807, 2.05) is 25.1 Å². The molecule has 142 valence electrons. The van der Waals surface area contributed by atoms with Gasteiger partial charge in [-0.2, -0.15) is 11.8 Å². The summed E-state index contributed by atoms with van der Waals surface area (Å²) in [6, 6.07) is 5.97. The van der Waals surface area contributed by atoms with Gasteiger partial charge in [0.25, 0.3) is 0 Å². The number of ether oxygens (including phenoxy) is 2. The molecular weight excluding hydrogens is 449 g/mol. The summed E-state index contributed by atoms with van der Waals surface area (Å²) < 4.78 is 11.0. The summed E-state index contributed by atoms with van der Waals surface area (Å²) in [5.74, 6) is 3.69. The normalized spacial score (nSPS) is 16.9. The maximum Gasteiger partial charge on any atom is 0.191 e. The molecule has 2 N–H and O–H groups in total. The van der Waals surface area contributed by atoms with Crippen molar-refractivity contribution in [2.75, 3.05) is 32.6 Å². The molecule has 2 rings (SSSR count). The molecule has 0 bridgehead atoms. The van der Waals surface area contributed by atoms with Gasteiger partial charge in [0.15, 0.2) is 17.5 Å². The minimum Gasteiger partial charge on any atom is -0.493 e. The van der Waals surface area contributed by atoms with Crippen LogP contribution in [0.1, 0.15) is 32.3 Å². The number of hydrogen-bond donors (Lipinski definition) is 2. The minimum absolute atomic E-state index is 0. The van der Waals surface area contributed by atoms with Crippen molar-refractivity contribution in [2.24, 2.45) is 4.99 Å². The Labute approximate surface area is 172 Å². The number of aliphatic imine (C=N–C) groups is 1. The first-order valence-corrected chi connectivity index (χ1v) is 9.75. The number of thioether (sulfide) groups is 1. The molecule has 1 aliphatic heterocycles. The summed E-state index contributed by atoms with van der Waals surface area (Å²) in [6.45, 7) is 7.12. The van der Waals surface area contributed by atoms with Gasteiger partial charge in [-0.05, 0) is 50.1 Å². The summed E-state index contributed by atoms with van der Waals surface area (Å²) in [4.78, 5) is 4.68. The van der Waals surface area contributed by atoms with Crippen LogP contribution < -0.4 is 20.1 Å². The summed E-state index contributed by atoms with van der Waals surface area (Å²) in [5, 5.41) is 7.47. The van der Waals surface area contributed by atoms with Gasteiger partial charge in [-0.25, -0.2) is 4.99 Å². The Morgan fingerprint density at radius 2 is 2.12 bits per heavy atom. The molecule has 0 saturated carbocycles.